The molecule has 6 aromatic carbocycles. The molecule has 6 rings (SSSR count). The summed E-state index contributed by atoms with van der Waals surface area (Å²) in [4.78, 5) is 3.79. The van der Waals surface area contributed by atoms with Crippen molar-refractivity contribution < 1.29 is 0 Å². The Morgan fingerprint density at radius 3 is 1.56 bits per heavy atom. The molecule has 0 fully saturated rings. The van der Waals surface area contributed by atoms with Crippen LogP contribution in [0.5, 0.6) is 0 Å². The molecular weight excluding hydrogens is 412 g/mol. The molecule has 0 spiro atoms. The summed E-state index contributed by atoms with van der Waals surface area (Å²) in [6, 6.07) is 39.2. The SMILES string of the molecule is [C-]#[N+]c1ccccc1-c1cc2c3ccccc3c(-c3ccccc3C#N)cc2c2ccccc12. The van der Waals surface area contributed by atoms with Gasteiger partial charge in [0.05, 0.1) is 18.2 Å². The molecule has 2 nitrogen and oxygen atoms in total. The Labute approximate surface area is 197 Å². The highest BCUT2D eigenvalue weighted by Gasteiger charge is 2.16. The van der Waals surface area contributed by atoms with Gasteiger partial charge in [-0.1, -0.05) is 91.0 Å². The number of hydrogen-bond donors (Lipinski definition) is 0. The molecule has 0 atom stereocenters. The summed E-state index contributed by atoms with van der Waals surface area (Å²) in [7, 11) is 0. The lowest BCUT2D eigenvalue weighted by molar-refractivity contribution is 1.48. The average molecular weight is 431 g/mol. The van der Waals surface area contributed by atoms with Crippen LogP contribution < -0.4 is 0 Å². The van der Waals surface area contributed by atoms with Gasteiger partial charge in [0.1, 0.15) is 0 Å². The second-order valence-corrected chi connectivity index (χ2v) is 8.32. The Morgan fingerprint density at radius 1 is 0.500 bits per heavy atom. The Balaban J connectivity index is 1.82. The van der Waals surface area contributed by atoms with Crippen molar-refractivity contribution in [1.82, 2.24) is 0 Å². The molecule has 34 heavy (non-hydrogen) atoms. The highest BCUT2D eigenvalue weighted by molar-refractivity contribution is 6.24. The molecule has 0 saturated heterocycles. The number of rotatable bonds is 2. The standard InChI is InChI=1S/C32H18N2/c1-34-32-17-9-8-16-27(32)29-19-31-25-14-6-4-12-23(25)28(22-11-3-2-10-21(22)20-33)18-30(31)26-15-7-5-13-24(26)29/h2-19H. The van der Waals surface area contributed by atoms with E-state index in [1.165, 1.54) is 0 Å². The first-order valence-electron chi connectivity index (χ1n) is 11.1. The maximum atomic E-state index is 9.77. The van der Waals surface area contributed by atoms with Gasteiger partial charge in [0, 0.05) is 5.56 Å². The van der Waals surface area contributed by atoms with Crippen LogP contribution in [0.3, 0.4) is 0 Å². The fourth-order valence-corrected chi connectivity index (χ4v) is 5.01. The molecule has 6 aromatic rings. The second-order valence-electron chi connectivity index (χ2n) is 8.32. The van der Waals surface area contributed by atoms with Crippen molar-refractivity contribution in [3.63, 3.8) is 0 Å². The quantitative estimate of drug-likeness (QED) is 0.199. The third kappa shape index (κ3) is 2.95. The first-order valence-corrected chi connectivity index (χ1v) is 11.1. The van der Waals surface area contributed by atoms with Gasteiger partial charge in [0.2, 0.25) is 0 Å². The van der Waals surface area contributed by atoms with Gasteiger partial charge in [-0.3, -0.25) is 0 Å². The lowest BCUT2D eigenvalue weighted by Crippen LogP contribution is -1.90. The van der Waals surface area contributed by atoms with Crippen molar-refractivity contribution in [3.8, 4) is 28.3 Å². The molecule has 2 heteroatoms. The number of nitrogens with zero attached hydrogens (tertiary/aromatic N) is 2. The molecule has 0 bridgehead atoms. The average Bonchev–Trinajstić information content (AvgIpc) is 2.92. The van der Waals surface area contributed by atoms with Gasteiger partial charge in [-0.05, 0) is 67.2 Å². The third-order valence-electron chi connectivity index (χ3n) is 6.53. The van der Waals surface area contributed by atoms with Crippen molar-refractivity contribution in [3.05, 3.63) is 126 Å². The van der Waals surface area contributed by atoms with Crippen molar-refractivity contribution in [2.45, 2.75) is 0 Å². The molecule has 0 aromatic heterocycles. The van der Waals surface area contributed by atoms with Crippen LogP contribution in [0.15, 0.2) is 109 Å². The lowest BCUT2D eigenvalue weighted by Gasteiger charge is -2.17. The normalized spacial score (nSPS) is 10.9. The van der Waals surface area contributed by atoms with E-state index in [1.54, 1.807) is 0 Å². The van der Waals surface area contributed by atoms with Gasteiger partial charge < -0.3 is 0 Å². The van der Waals surface area contributed by atoms with Gasteiger partial charge >= 0.3 is 0 Å². The minimum atomic E-state index is 0.649. The van der Waals surface area contributed by atoms with Crippen molar-refractivity contribution in [2.75, 3.05) is 0 Å². The van der Waals surface area contributed by atoms with E-state index in [0.29, 0.717) is 11.3 Å². The van der Waals surface area contributed by atoms with Gasteiger partial charge in [-0.25, -0.2) is 4.85 Å². The molecule has 0 aliphatic carbocycles. The molecule has 0 aliphatic rings. The fourth-order valence-electron chi connectivity index (χ4n) is 5.01. The summed E-state index contributed by atoms with van der Waals surface area (Å²) in [5.74, 6) is 0. The highest BCUT2D eigenvalue weighted by atomic mass is 14.6. The molecule has 0 radical (unpaired) electrons. The van der Waals surface area contributed by atoms with Crippen LogP contribution in [0.25, 0.3) is 59.4 Å². The zero-order chi connectivity index (χ0) is 23.1. The molecule has 0 heterocycles. The lowest BCUT2D eigenvalue weighted by atomic mass is 9.87. The first-order chi connectivity index (χ1) is 16.8. The zero-order valence-electron chi connectivity index (χ0n) is 18.3. The van der Waals surface area contributed by atoms with Crippen LogP contribution in [-0.4, -0.2) is 0 Å². The van der Waals surface area contributed by atoms with Crippen LogP contribution in [-0.2, 0) is 0 Å². The van der Waals surface area contributed by atoms with E-state index in [-0.39, 0.29) is 0 Å². The summed E-state index contributed by atoms with van der Waals surface area (Å²) in [6.07, 6.45) is 0. The number of hydrogen-bond acceptors (Lipinski definition) is 1. The van der Waals surface area contributed by atoms with Crippen LogP contribution in [0.1, 0.15) is 5.56 Å². The van der Waals surface area contributed by atoms with Crippen LogP contribution in [0.2, 0.25) is 0 Å². The molecule has 156 valence electrons. The maximum absolute atomic E-state index is 9.77. The summed E-state index contributed by atoms with van der Waals surface area (Å²) in [5, 5.41) is 16.5. The van der Waals surface area contributed by atoms with E-state index < -0.39 is 0 Å². The molecule has 0 saturated carbocycles. The summed E-state index contributed by atoms with van der Waals surface area (Å²) in [5.41, 5.74) is 5.31. The van der Waals surface area contributed by atoms with E-state index in [2.05, 4.69) is 59.4 Å². The van der Waals surface area contributed by atoms with Gasteiger partial charge in [0.15, 0.2) is 5.69 Å². The summed E-state index contributed by atoms with van der Waals surface area (Å²) < 4.78 is 0. The largest absolute Gasteiger partial charge is 0.238 e. The predicted octanol–water partition coefficient (Wildman–Crippen LogP) is 8.90. The van der Waals surface area contributed by atoms with Gasteiger partial charge in [-0.15, -0.1) is 0 Å². The molecule has 0 aliphatic heterocycles. The fraction of sp³-hybridized carbons (Fsp3) is 0. The molecule has 0 amide bonds. The Morgan fingerprint density at radius 2 is 0.971 bits per heavy atom. The maximum Gasteiger partial charge on any atom is 0.194 e. The minimum Gasteiger partial charge on any atom is -0.238 e. The Hall–Kier alpha value is -4.92. The molecule has 0 unspecified atom stereocenters. The summed E-state index contributed by atoms with van der Waals surface area (Å²) >= 11 is 0. The number of para-hydroxylation sites is 1. The smallest absolute Gasteiger partial charge is 0.194 e. The van der Waals surface area contributed by atoms with Crippen LogP contribution in [0, 0.1) is 17.9 Å². The van der Waals surface area contributed by atoms with Gasteiger partial charge in [0.25, 0.3) is 0 Å². The van der Waals surface area contributed by atoms with Crippen molar-refractivity contribution in [2.24, 2.45) is 0 Å². The van der Waals surface area contributed by atoms with Crippen LogP contribution in [0.4, 0.5) is 5.69 Å². The summed E-state index contributed by atoms with van der Waals surface area (Å²) in [6.45, 7) is 7.70. The van der Waals surface area contributed by atoms with Crippen LogP contribution >= 0.6 is 0 Å². The van der Waals surface area contributed by atoms with E-state index in [0.717, 1.165) is 54.6 Å². The van der Waals surface area contributed by atoms with Crippen molar-refractivity contribution >= 4 is 38.0 Å². The molecule has 0 N–H and O–H groups in total. The monoisotopic (exact) mass is 430 g/mol. The topological polar surface area (TPSA) is 28.1 Å². The van der Waals surface area contributed by atoms with Gasteiger partial charge in [-0.2, -0.15) is 5.26 Å². The number of nitriles is 1. The second kappa shape index (κ2) is 7.89. The zero-order valence-corrected chi connectivity index (χ0v) is 18.3. The van der Waals surface area contributed by atoms with E-state index in [4.69, 9.17) is 6.57 Å². The third-order valence-corrected chi connectivity index (χ3v) is 6.53. The number of fused-ring (bicyclic) bond motifs is 5. The molecular formula is C32H18N2. The minimum absolute atomic E-state index is 0.649. The van der Waals surface area contributed by atoms with Crippen molar-refractivity contribution in [1.29, 1.82) is 5.26 Å². The predicted molar refractivity (Wildman–Crippen MR) is 141 cm³/mol. The van der Waals surface area contributed by atoms with E-state index in [9.17, 15) is 5.26 Å². The van der Waals surface area contributed by atoms with E-state index in [1.807, 2.05) is 60.7 Å². The Bertz CT molecular complexity index is 1690. The highest BCUT2D eigenvalue weighted by Crippen LogP contribution is 2.43. The number of benzene rings is 6. The van der Waals surface area contributed by atoms with E-state index >= 15 is 0 Å². The Kier molecular flexibility index (Phi) is 4.58. The first kappa shape index (κ1) is 19.7.